The maximum atomic E-state index is 12.2. The van der Waals surface area contributed by atoms with Crippen LogP contribution in [0, 0.1) is 5.92 Å². The Morgan fingerprint density at radius 3 is 2.68 bits per heavy atom. The summed E-state index contributed by atoms with van der Waals surface area (Å²) in [7, 11) is 0. The van der Waals surface area contributed by atoms with Crippen LogP contribution in [-0.4, -0.2) is 48.0 Å². The molecule has 1 aliphatic heterocycles. The van der Waals surface area contributed by atoms with Crippen LogP contribution in [0.1, 0.15) is 19.8 Å². The Kier molecular flexibility index (Phi) is 6.78. The van der Waals surface area contributed by atoms with Crippen molar-refractivity contribution >= 4 is 23.3 Å². The topological polar surface area (TPSA) is 96.4 Å². The molecule has 28 heavy (non-hydrogen) atoms. The van der Waals surface area contributed by atoms with E-state index in [9.17, 15) is 9.59 Å². The zero-order valence-corrected chi connectivity index (χ0v) is 15.9. The van der Waals surface area contributed by atoms with E-state index in [1.54, 1.807) is 36.8 Å². The first-order valence-corrected chi connectivity index (χ1v) is 9.49. The molecule has 0 atom stereocenters. The molecular weight excluding hydrogens is 358 g/mol. The van der Waals surface area contributed by atoms with Gasteiger partial charge < -0.3 is 20.3 Å². The lowest BCUT2D eigenvalue weighted by Gasteiger charge is -2.32. The van der Waals surface area contributed by atoms with Gasteiger partial charge in [-0.3, -0.25) is 14.6 Å². The van der Waals surface area contributed by atoms with Crippen molar-refractivity contribution in [3.8, 4) is 5.75 Å². The van der Waals surface area contributed by atoms with Crippen molar-refractivity contribution in [2.24, 2.45) is 5.92 Å². The first kappa shape index (κ1) is 19.6. The summed E-state index contributed by atoms with van der Waals surface area (Å²) in [6, 6.07) is 7.05. The molecule has 1 saturated heterocycles. The lowest BCUT2D eigenvalue weighted by atomic mass is 9.97. The lowest BCUT2D eigenvalue weighted by Crippen LogP contribution is -2.42. The number of amides is 2. The second-order valence-electron chi connectivity index (χ2n) is 6.59. The SMILES string of the molecule is CCOc1ccccc1NC(=O)C(=O)NCC1CCN(c2cnccn2)CC1. The summed E-state index contributed by atoms with van der Waals surface area (Å²) in [4.78, 5) is 34.9. The molecule has 0 bridgehead atoms. The number of para-hydroxylation sites is 2. The highest BCUT2D eigenvalue weighted by Crippen LogP contribution is 2.23. The summed E-state index contributed by atoms with van der Waals surface area (Å²) in [5.41, 5.74) is 0.488. The van der Waals surface area contributed by atoms with Crippen molar-refractivity contribution in [2.75, 3.05) is 36.5 Å². The van der Waals surface area contributed by atoms with Crippen LogP contribution in [0.3, 0.4) is 0 Å². The number of aromatic nitrogens is 2. The third-order valence-corrected chi connectivity index (χ3v) is 4.68. The van der Waals surface area contributed by atoms with Crippen molar-refractivity contribution in [1.82, 2.24) is 15.3 Å². The van der Waals surface area contributed by atoms with E-state index in [0.29, 0.717) is 30.5 Å². The Morgan fingerprint density at radius 2 is 1.96 bits per heavy atom. The van der Waals surface area contributed by atoms with Gasteiger partial charge in [0.15, 0.2) is 0 Å². The molecule has 1 aliphatic rings. The molecule has 2 aromatic rings. The van der Waals surface area contributed by atoms with Crippen LogP contribution in [0.25, 0.3) is 0 Å². The van der Waals surface area contributed by atoms with E-state index < -0.39 is 11.8 Å². The zero-order chi connectivity index (χ0) is 19.8. The van der Waals surface area contributed by atoms with Gasteiger partial charge in [0, 0.05) is 32.0 Å². The molecule has 1 aromatic carbocycles. The third kappa shape index (κ3) is 5.18. The van der Waals surface area contributed by atoms with Gasteiger partial charge in [0.25, 0.3) is 0 Å². The molecule has 2 heterocycles. The van der Waals surface area contributed by atoms with E-state index in [1.807, 2.05) is 13.0 Å². The molecule has 0 radical (unpaired) electrons. The van der Waals surface area contributed by atoms with E-state index in [1.165, 1.54) is 0 Å². The molecule has 1 fully saturated rings. The number of hydrogen-bond donors (Lipinski definition) is 2. The second-order valence-corrected chi connectivity index (χ2v) is 6.59. The molecule has 2 amide bonds. The van der Waals surface area contributed by atoms with Crippen molar-refractivity contribution < 1.29 is 14.3 Å². The van der Waals surface area contributed by atoms with E-state index in [0.717, 1.165) is 31.7 Å². The van der Waals surface area contributed by atoms with Crippen molar-refractivity contribution in [1.29, 1.82) is 0 Å². The van der Waals surface area contributed by atoms with Gasteiger partial charge in [0.1, 0.15) is 11.6 Å². The van der Waals surface area contributed by atoms with E-state index in [-0.39, 0.29) is 0 Å². The number of anilines is 2. The van der Waals surface area contributed by atoms with Crippen LogP contribution in [0.2, 0.25) is 0 Å². The summed E-state index contributed by atoms with van der Waals surface area (Å²) in [6.07, 6.45) is 6.94. The normalized spacial score (nSPS) is 14.4. The lowest BCUT2D eigenvalue weighted by molar-refractivity contribution is -0.136. The average Bonchev–Trinajstić information content (AvgIpc) is 2.74. The predicted octanol–water partition coefficient (Wildman–Crippen LogP) is 1.85. The van der Waals surface area contributed by atoms with Gasteiger partial charge in [-0.05, 0) is 37.8 Å². The molecule has 0 spiro atoms. The largest absolute Gasteiger partial charge is 0.492 e. The van der Waals surface area contributed by atoms with Gasteiger partial charge >= 0.3 is 11.8 Å². The maximum absolute atomic E-state index is 12.2. The van der Waals surface area contributed by atoms with Crippen molar-refractivity contribution in [3.63, 3.8) is 0 Å². The first-order valence-electron chi connectivity index (χ1n) is 9.49. The number of ether oxygens (including phenoxy) is 1. The second kappa shape index (κ2) is 9.68. The molecule has 148 valence electrons. The van der Waals surface area contributed by atoms with Gasteiger partial charge in [0.05, 0.1) is 18.5 Å². The fraction of sp³-hybridized carbons (Fsp3) is 0.400. The van der Waals surface area contributed by atoms with E-state index >= 15 is 0 Å². The zero-order valence-electron chi connectivity index (χ0n) is 15.9. The van der Waals surface area contributed by atoms with Crippen LogP contribution < -0.4 is 20.3 Å². The molecule has 1 aromatic heterocycles. The molecule has 0 unspecified atom stereocenters. The molecular formula is C20H25N5O3. The van der Waals surface area contributed by atoms with Gasteiger partial charge in [-0.1, -0.05) is 12.1 Å². The van der Waals surface area contributed by atoms with E-state index in [2.05, 4.69) is 25.5 Å². The highest BCUT2D eigenvalue weighted by atomic mass is 16.5. The van der Waals surface area contributed by atoms with Crippen molar-refractivity contribution in [2.45, 2.75) is 19.8 Å². The first-order chi connectivity index (χ1) is 13.7. The third-order valence-electron chi connectivity index (χ3n) is 4.68. The smallest absolute Gasteiger partial charge is 0.313 e. The number of nitrogens with one attached hydrogen (secondary N) is 2. The Balaban J connectivity index is 1.44. The molecule has 3 rings (SSSR count). The number of benzene rings is 1. The molecule has 0 aliphatic carbocycles. The monoisotopic (exact) mass is 383 g/mol. The molecule has 8 heteroatoms. The van der Waals surface area contributed by atoms with Crippen molar-refractivity contribution in [3.05, 3.63) is 42.9 Å². The fourth-order valence-corrected chi connectivity index (χ4v) is 3.17. The quantitative estimate of drug-likeness (QED) is 0.739. The van der Waals surface area contributed by atoms with Crippen LogP contribution >= 0.6 is 0 Å². The summed E-state index contributed by atoms with van der Waals surface area (Å²) in [5, 5.41) is 5.35. The molecule has 2 N–H and O–H groups in total. The fourth-order valence-electron chi connectivity index (χ4n) is 3.17. The Labute approximate surface area is 164 Å². The van der Waals surface area contributed by atoms with Gasteiger partial charge in [-0.25, -0.2) is 4.98 Å². The molecule has 8 nitrogen and oxygen atoms in total. The number of hydrogen-bond acceptors (Lipinski definition) is 6. The average molecular weight is 383 g/mol. The highest BCUT2D eigenvalue weighted by Gasteiger charge is 2.22. The van der Waals surface area contributed by atoms with Crippen LogP contribution in [0.4, 0.5) is 11.5 Å². The minimum absolute atomic E-state index is 0.334. The number of nitrogens with zero attached hydrogens (tertiary/aromatic N) is 3. The molecule has 0 saturated carbocycles. The summed E-state index contributed by atoms with van der Waals surface area (Å²) in [6.45, 7) is 4.53. The summed E-state index contributed by atoms with van der Waals surface area (Å²) < 4.78 is 5.46. The van der Waals surface area contributed by atoms with Crippen LogP contribution in [0.15, 0.2) is 42.9 Å². The van der Waals surface area contributed by atoms with Crippen LogP contribution in [0.5, 0.6) is 5.75 Å². The van der Waals surface area contributed by atoms with Crippen LogP contribution in [-0.2, 0) is 9.59 Å². The Bertz CT molecular complexity index is 791. The maximum Gasteiger partial charge on any atom is 0.313 e. The standard InChI is InChI=1S/C20H25N5O3/c1-2-28-17-6-4-3-5-16(17)24-20(27)19(26)23-13-15-7-11-25(12-8-15)18-14-21-9-10-22-18/h3-6,9-10,14-15H,2,7-8,11-13H2,1H3,(H,23,26)(H,24,27). The number of rotatable bonds is 6. The van der Waals surface area contributed by atoms with Gasteiger partial charge in [-0.2, -0.15) is 0 Å². The Hall–Kier alpha value is -3.16. The van der Waals surface area contributed by atoms with E-state index in [4.69, 9.17) is 4.74 Å². The minimum atomic E-state index is -0.691. The number of carbonyl (C=O) groups is 2. The number of piperidine rings is 1. The Morgan fingerprint density at radius 1 is 1.18 bits per heavy atom. The predicted molar refractivity (Wildman–Crippen MR) is 106 cm³/mol. The number of carbonyl (C=O) groups excluding carboxylic acids is 2. The van der Waals surface area contributed by atoms with Gasteiger partial charge in [-0.15, -0.1) is 0 Å². The minimum Gasteiger partial charge on any atom is -0.492 e. The summed E-state index contributed by atoms with van der Waals surface area (Å²) >= 11 is 0. The summed E-state index contributed by atoms with van der Waals surface area (Å²) in [5.74, 6) is 0.423. The van der Waals surface area contributed by atoms with Gasteiger partial charge in [0.2, 0.25) is 0 Å². The highest BCUT2D eigenvalue weighted by molar-refractivity contribution is 6.39.